The second-order valence-electron chi connectivity index (χ2n) is 5.66. The summed E-state index contributed by atoms with van der Waals surface area (Å²) in [6, 6.07) is 12.5. The van der Waals surface area contributed by atoms with Gasteiger partial charge in [0.2, 0.25) is 5.91 Å². The van der Waals surface area contributed by atoms with Crippen molar-refractivity contribution < 1.29 is 4.79 Å². The number of rotatable bonds is 2. The molecule has 3 nitrogen and oxygen atoms in total. The maximum atomic E-state index is 12.0. The number of hydrogen-bond acceptors (Lipinski definition) is 2. The van der Waals surface area contributed by atoms with E-state index in [-0.39, 0.29) is 5.92 Å². The lowest BCUT2D eigenvalue weighted by atomic mass is 9.74. The molecule has 1 aliphatic heterocycles. The SMILES string of the molecule is N#CC1(c2ccccc2)CCN(C(=O)C2CC2)CC1. The fraction of sp³-hybridized carbons (Fsp3) is 0.500. The molecule has 1 aliphatic carbocycles. The molecular weight excluding hydrogens is 236 g/mol. The summed E-state index contributed by atoms with van der Waals surface area (Å²) in [5.74, 6) is 0.589. The van der Waals surface area contributed by atoms with Gasteiger partial charge in [0.25, 0.3) is 0 Å². The van der Waals surface area contributed by atoms with Crippen molar-refractivity contribution in [3.8, 4) is 6.07 Å². The van der Waals surface area contributed by atoms with E-state index in [0.29, 0.717) is 5.91 Å². The molecule has 3 rings (SSSR count). The lowest BCUT2D eigenvalue weighted by molar-refractivity contribution is -0.133. The number of piperidine rings is 1. The molecule has 1 heterocycles. The minimum atomic E-state index is -0.401. The van der Waals surface area contributed by atoms with Crippen molar-refractivity contribution in [2.45, 2.75) is 31.1 Å². The number of hydrogen-bond donors (Lipinski definition) is 0. The van der Waals surface area contributed by atoms with Gasteiger partial charge in [-0.2, -0.15) is 5.26 Å². The number of benzene rings is 1. The Bertz CT molecular complexity index is 505. The molecule has 1 amide bonds. The van der Waals surface area contributed by atoms with Crippen LogP contribution in [-0.2, 0) is 10.2 Å². The van der Waals surface area contributed by atoms with E-state index >= 15 is 0 Å². The minimum Gasteiger partial charge on any atom is -0.342 e. The van der Waals surface area contributed by atoms with Gasteiger partial charge < -0.3 is 4.90 Å². The zero-order chi connectivity index (χ0) is 13.3. The molecule has 3 heteroatoms. The number of amides is 1. The van der Waals surface area contributed by atoms with Crippen LogP contribution in [0.3, 0.4) is 0 Å². The van der Waals surface area contributed by atoms with Gasteiger partial charge >= 0.3 is 0 Å². The monoisotopic (exact) mass is 254 g/mol. The highest BCUT2D eigenvalue weighted by atomic mass is 16.2. The summed E-state index contributed by atoms with van der Waals surface area (Å²) in [6.07, 6.45) is 3.62. The summed E-state index contributed by atoms with van der Waals surface area (Å²) < 4.78 is 0. The van der Waals surface area contributed by atoms with E-state index in [9.17, 15) is 10.1 Å². The highest BCUT2D eigenvalue weighted by Gasteiger charge is 2.40. The molecule has 0 atom stereocenters. The molecule has 1 saturated carbocycles. The zero-order valence-electron chi connectivity index (χ0n) is 11.0. The number of likely N-dealkylation sites (tertiary alicyclic amines) is 1. The fourth-order valence-corrected chi connectivity index (χ4v) is 2.92. The van der Waals surface area contributed by atoms with Crippen molar-refractivity contribution >= 4 is 5.91 Å². The van der Waals surface area contributed by atoms with Crippen LogP contribution >= 0.6 is 0 Å². The van der Waals surface area contributed by atoms with Gasteiger partial charge in [0, 0.05) is 19.0 Å². The quantitative estimate of drug-likeness (QED) is 0.813. The van der Waals surface area contributed by atoms with E-state index in [4.69, 9.17) is 0 Å². The first-order chi connectivity index (χ1) is 9.25. The van der Waals surface area contributed by atoms with Gasteiger partial charge in [0.1, 0.15) is 0 Å². The smallest absolute Gasteiger partial charge is 0.225 e. The van der Waals surface area contributed by atoms with Gasteiger partial charge in [-0.15, -0.1) is 0 Å². The van der Waals surface area contributed by atoms with Crippen LogP contribution in [0.2, 0.25) is 0 Å². The van der Waals surface area contributed by atoms with Gasteiger partial charge in [-0.25, -0.2) is 0 Å². The Labute approximate surface area is 113 Å². The van der Waals surface area contributed by atoms with E-state index < -0.39 is 5.41 Å². The third-order valence-corrected chi connectivity index (χ3v) is 4.40. The molecule has 1 aromatic carbocycles. The van der Waals surface area contributed by atoms with E-state index in [2.05, 4.69) is 6.07 Å². The summed E-state index contributed by atoms with van der Waals surface area (Å²) in [5, 5.41) is 9.59. The van der Waals surface area contributed by atoms with Crippen LogP contribution in [0.5, 0.6) is 0 Å². The molecule has 98 valence electrons. The zero-order valence-corrected chi connectivity index (χ0v) is 11.0. The largest absolute Gasteiger partial charge is 0.342 e. The first kappa shape index (κ1) is 12.2. The van der Waals surface area contributed by atoms with Crippen LogP contribution in [-0.4, -0.2) is 23.9 Å². The number of nitriles is 1. The van der Waals surface area contributed by atoms with Gasteiger partial charge in [0.05, 0.1) is 11.5 Å². The highest BCUT2D eigenvalue weighted by molar-refractivity contribution is 5.81. The van der Waals surface area contributed by atoms with Crippen molar-refractivity contribution in [3.05, 3.63) is 35.9 Å². The Hall–Kier alpha value is -1.82. The first-order valence-corrected chi connectivity index (χ1v) is 7.01. The Kier molecular flexibility index (Phi) is 3.02. The molecule has 0 radical (unpaired) electrons. The molecule has 0 aromatic heterocycles. The Morgan fingerprint density at radius 1 is 1.21 bits per heavy atom. The van der Waals surface area contributed by atoms with Crippen LogP contribution in [0.25, 0.3) is 0 Å². The van der Waals surface area contributed by atoms with Gasteiger partial charge in [-0.1, -0.05) is 30.3 Å². The molecule has 0 unspecified atom stereocenters. The maximum absolute atomic E-state index is 12.0. The molecule has 0 spiro atoms. The molecule has 1 aromatic rings. The summed E-state index contributed by atoms with van der Waals surface area (Å²) in [4.78, 5) is 14.0. The van der Waals surface area contributed by atoms with Crippen LogP contribution < -0.4 is 0 Å². The third kappa shape index (κ3) is 2.23. The van der Waals surface area contributed by atoms with Crippen LogP contribution in [0, 0.1) is 17.2 Å². The van der Waals surface area contributed by atoms with Crippen molar-refractivity contribution in [3.63, 3.8) is 0 Å². The molecule has 19 heavy (non-hydrogen) atoms. The predicted molar refractivity (Wildman–Crippen MR) is 72.3 cm³/mol. The number of carbonyl (C=O) groups is 1. The van der Waals surface area contributed by atoms with E-state index in [0.717, 1.165) is 44.3 Å². The Morgan fingerprint density at radius 3 is 2.37 bits per heavy atom. The molecule has 1 saturated heterocycles. The van der Waals surface area contributed by atoms with Gasteiger partial charge in [-0.05, 0) is 31.2 Å². The Balaban J connectivity index is 1.73. The highest BCUT2D eigenvalue weighted by Crippen LogP contribution is 2.37. The molecule has 0 bridgehead atoms. The van der Waals surface area contributed by atoms with E-state index in [1.807, 2.05) is 35.2 Å². The summed E-state index contributed by atoms with van der Waals surface area (Å²) in [5.41, 5.74) is 0.692. The fourth-order valence-electron chi connectivity index (χ4n) is 2.92. The lowest BCUT2D eigenvalue weighted by Gasteiger charge is -2.37. The van der Waals surface area contributed by atoms with Gasteiger partial charge in [0.15, 0.2) is 0 Å². The molecule has 2 aliphatic rings. The van der Waals surface area contributed by atoms with Gasteiger partial charge in [-0.3, -0.25) is 4.79 Å². The predicted octanol–water partition coefficient (Wildman–Crippen LogP) is 2.48. The second kappa shape index (κ2) is 4.70. The lowest BCUT2D eigenvalue weighted by Crippen LogP contribution is -2.45. The average Bonchev–Trinajstić information content (AvgIpc) is 3.32. The van der Waals surface area contributed by atoms with E-state index in [1.54, 1.807) is 0 Å². The Morgan fingerprint density at radius 2 is 1.84 bits per heavy atom. The van der Waals surface area contributed by atoms with Crippen LogP contribution in [0.4, 0.5) is 0 Å². The second-order valence-corrected chi connectivity index (χ2v) is 5.66. The normalized spacial score (nSPS) is 21.7. The third-order valence-electron chi connectivity index (χ3n) is 4.40. The van der Waals surface area contributed by atoms with E-state index in [1.165, 1.54) is 0 Å². The molecular formula is C16H18N2O. The van der Waals surface area contributed by atoms with Crippen molar-refractivity contribution in [2.75, 3.05) is 13.1 Å². The number of carbonyl (C=O) groups excluding carboxylic acids is 1. The van der Waals surface area contributed by atoms with Crippen molar-refractivity contribution in [2.24, 2.45) is 5.92 Å². The molecule has 2 fully saturated rings. The number of nitrogens with zero attached hydrogens (tertiary/aromatic N) is 2. The van der Waals surface area contributed by atoms with Crippen molar-refractivity contribution in [1.82, 2.24) is 4.90 Å². The molecule has 0 N–H and O–H groups in total. The van der Waals surface area contributed by atoms with Crippen molar-refractivity contribution in [1.29, 1.82) is 5.26 Å². The minimum absolute atomic E-state index is 0.284. The van der Waals surface area contributed by atoms with Crippen LogP contribution in [0.15, 0.2) is 30.3 Å². The van der Waals surface area contributed by atoms with Crippen LogP contribution in [0.1, 0.15) is 31.2 Å². The summed E-state index contributed by atoms with van der Waals surface area (Å²) >= 11 is 0. The first-order valence-electron chi connectivity index (χ1n) is 7.01. The topological polar surface area (TPSA) is 44.1 Å². The average molecular weight is 254 g/mol. The maximum Gasteiger partial charge on any atom is 0.225 e. The summed E-state index contributed by atoms with van der Waals surface area (Å²) in [7, 11) is 0. The standard InChI is InChI=1S/C16H18N2O/c17-12-16(14-4-2-1-3-5-14)8-10-18(11-9-16)15(19)13-6-7-13/h1-5,13H,6-11H2. The summed E-state index contributed by atoms with van der Waals surface area (Å²) in [6.45, 7) is 1.44.